The first-order valence-electron chi connectivity index (χ1n) is 10.1. The summed E-state index contributed by atoms with van der Waals surface area (Å²) < 4.78 is 47.5. The summed E-state index contributed by atoms with van der Waals surface area (Å²) in [7, 11) is 0. The van der Waals surface area contributed by atoms with E-state index in [-0.39, 0.29) is 16.4 Å². The maximum atomic E-state index is 13.8. The molecule has 0 N–H and O–H groups in total. The number of anilines is 1. The fourth-order valence-electron chi connectivity index (χ4n) is 3.88. The highest BCUT2D eigenvalue weighted by atomic mass is 35.5. The predicted molar refractivity (Wildman–Crippen MR) is 115 cm³/mol. The Hall–Kier alpha value is -3.53. The number of fused-ring (bicyclic) bond motifs is 1. The van der Waals surface area contributed by atoms with Crippen molar-refractivity contribution in [3.63, 3.8) is 0 Å². The number of aromatic nitrogens is 3. The molecule has 1 amide bonds. The third-order valence-corrected chi connectivity index (χ3v) is 5.93. The SMILES string of the molecule is O=C(c1nc2c(C(F)(F)F)cc(-c3ccoc3)cn2c1Cl)N1CCN(c2ccccn2)CC1. The van der Waals surface area contributed by atoms with Gasteiger partial charge in [-0.1, -0.05) is 17.7 Å². The van der Waals surface area contributed by atoms with Crippen LogP contribution in [0.15, 0.2) is 59.7 Å². The molecule has 1 aliphatic rings. The van der Waals surface area contributed by atoms with Crippen LogP contribution in [0, 0.1) is 0 Å². The third kappa shape index (κ3) is 3.91. The first-order valence-corrected chi connectivity index (χ1v) is 10.5. The molecule has 1 fully saturated rings. The molecule has 1 saturated heterocycles. The van der Waals surface area contributed by atoms with Crippen molar-refractivity contribution in [1.82, 2.24) is 19.3 Å². The fourth-order valence-corrected chi connectivity index (χ4v) is 4.13. The summed E-state index contributed by atoms with van der Waals surface area (Å²) in [6, 6.07) is 8.10. The van der Waals surface area contributed by atoms with E-state index < -0.39 is 23.3 Å². The molecule has 5 heterocycles. The van der Waals surface area contributed by atoms with Gasteiger partial charge in [0, 0.05) is 49.7 Å². The van der Waals surface area contributed by atoms with E-state index in [1.54, 1.807) is 12.3 Å². The van der Waals surface area contributed by atoms with E-state index in [1.165, 1.54) is 23.6 Å². The predicted octanol–water partition coefficient (Wildman–Crippen LogP) is 4.62. The number of carbonyl (C=O) groups excluding carboxylic acids is 1. The molecule has 4 aromatic heterocycles. The molecule has 11 heteroatoms. The molecule has 0 atom stereocenters. The van der Waals surface area contributed by atoms with Crippen LogP contribution in [0.3, 0.4) is 0 Å². The number of hydrogen-bond acceptors (Lipinski definition) is 5. The van der Waals surface area contributed by atoms with E-state index >= 15 is 0 Å². The summed E-state index contributed by atoms with van der Waals surface area (Å²) in [6.45, 7) is 1.80. The average molecular weight is 476 g/mol. The van der Waals surface area contributed by atoms with Crippen molar-refractivity contribution in [2.45, 2.75) is 6.18 Å². The molecule has 4 aromatic rings. The molecule has 0 aliphatic carbocycles. The summed E-state index contributed by atoms with van der Waals surface area (Å²) in [5.41, 5.74) is -0.924. The van der Waals surface area contributed by atoms with Crippen LogP contribution in [0.25, 0.3) is 16.8 Å². The molecule has 170 valence electrons. The lowest BCUT2D eigenvalue weighted by Gasteiger charge is -2.35. The zero-order chi connectivity index (χ0) is 23.2. The first kappa shape index (κ1) is 21.3. The van der Waals surface area contributed by atoms with Gasteiger partial charge in [0.25, 0.3) is 5.91 Å². The van der Waals surface area contributed by atoms with Crippen molar-refractivity contribution in [2.75, 3.05) is 31.1 Å². The molecule has 0 spiro atoms. The second-order valence-corrected chi connectivity index (χ2v) is 7.92. The normalized spacial score (nSPS) is 14.8. The largest absolute Gasteiger partial charge is 0.472 e. The summed E-state index contributed by atoms with van der Waals surface area (Å²) in [6.07, 6.45) is 1.12. The van der Waals surface area contributed by atoms with Crippen LogP contribution >= 0.6 is 11.6 Å². The van der Waals surface area contributed by atoms with Crippen LogP contribution in [0.4, 0.5) is 19.0 Å². The van der Waals surface area contributed by atoms with Crippen molar-refractivity contribution in [2.24, 2.45) is 0 Å². The molecular weight excluding hydrogens is 459 g/mol. The number of piperazine rings is 1. The van der Waals surface area contributed by atoms with Gasteiger partial charge in [-0.2, -0.15) is 13.2 Å². The molecule has 1 aliphatic heterocycles. The summed E-state index contributed by atoms with van der Waals surface area (Å²) in [4.78, 5) is 25.0. The van der Waals surface area contributed by atoms with Gasteiger partial charge in [-0.05, 0) is 24.3 Å². The standard InChI is InChI=1S/C22H17ClF3N5O2/c23-19-18(21(32)30-8-6-29(7-9-30)17-3-1-2-5-27-17)28-20-16(22(24,25)26)11-15(12-31(19)20)14-4-10-33-13-14/h1-5,10-13H,6-9H2. The molecular formula is C22H17ClF3N5O2. The lowest BCUT2D eigenvalue weighted by atomic mass is 10.1. The molecule has 0 saturated carbocycles. The minimum absolute atomic E-state index is 0.169. The molecule has 5 rings (SSSR count). The molecule has 7 nitrogen and oxygen atoms in total. The maximum Gasteiger partial charge on any atom is 0.420 e. The van der Waals surface area contributed by atoms with Gasteiger partial charge in [0.2, 0.25) is 0 Å². The molecule has 0 radical (unpaired) electrons. The maximum absolute atomic E-state index is 13.8. The Morgan fingerprint density at radius 1 is 1.09 bits per heavy atom. The van der Waals surface area contributed by atoms with E-state index in [1.807, 2.05) is 23.1 Å². The summed E-state index contributed by atoms with van der Waals surface area (Å²) in [5.74, 6) is 0.291. The lowest BCUT2D eigenvalue weighted by Crippen LogP contribution is -2.49. The number of imidazole rings is 1. The Labute approximate surface area is 191 Å². The van der Waals surface area contributed by atoms with Gasteiger partial charge < -0.3 is 14.2 Å². The van der Waals surface area contributed by atoms with Crippen molar-refractivity contribution in [3.8, 4) is 11.1 Å². The van der Waals surface area contributed by atoms with Gasteiger partial charge in [0.1, 0.15) is 11.0 Å². The number of rotatable bonds is 3. The van der Waals surface area contributed by atoms with Crippen molar-refractivity contribution >= 4 is 29.0 Å². The minimum atomic E-state index is -4.69. The molecule has 0 unspecified atom stereocenters. The number of furan rings is 1. The zero-order valence-corrected chi connectivity index (χ0v) is 17.8. The van der Waals surface area contributed by atoms with Gasteiger partial charge >= 0.3 is 6.18 Å². The monoisotopic (exact) mass is 475 g/mol. The number of alkyl halides is 3. The smallest absolute Gasteiger partial charge is 0.420 e. The minimum Gasteiger partial charge on any atom is -0.472 e. The Morgan fingerprint density at radius 2 is 1.88 bits per heavy atom. The quantitative estimate of drug-likeness (QED) is 0.432. The van der Waals surface area contributed by atoms with Crippen LogP contribution in [-0.2, 0) is 6.18 Å². The van der Waals surface area contributed by atoms with Gasteiger partial charge in [0.05, 0.1) is 18.1 Å². The number of hydrogen-bond donors (Lipinski definition) is 0. The van der Waals surface area contributed by atoms with Gasteiger partial charge in [0.15, 0.2) is 11.3 Å². The van der Waals surface area contributed by atoms with E-state index in [2.05, 4.69) is 9.97 Å². The Kier molecular flexibility index (Phi) is 5.24. The van der Waals surface area contributed by atoms with E-state index in [0.717, 1.165) is 16.3 Å². The van der Waals surface area contributed by atoms with Gasteiger partial charge in [-0.3, -0.25) is 9.20 Å². The summed E-state index contributed by atoms with van der Waals surface area (Å²) in [5, 5.41) is -0.169. The number of nitrogens with zero attached hydrogens (tertiary/aromatic N) is 5. The topological polar surface area (TPSA) is 66.9 Å². The Morgan fingerprint density at radius 3 is 2.52 bits per heavy atom. The highest BCUT2D eigenvalue weighted by Crippen LogP contribution is 2.37. The Bertz CT molecular complexity index is 1300. The van der Waals surface area contributed by atoms with E-state index in [9.17, 15) is 18.0 Å². The van der Waals surface area contributed by atoms with E-state index in [4.69, 9.17) is 16.0 Å². The number of pyridine rings is 2. The number of amides is 1. The lowest BCUT2D eigenvalue weighted by molar-refractivity contribution is -0.136. The van der Waals surface area contributed by atoms with E-state index in [0.29, 0.717) is 31.7 Å². The zero-order valence-electron chi connectivity index (χ0n) is 17.1. The molecule has 0 bridgehead atoms. The molecule has 33 heavy (non-hydrogen) atoms. The third-order valence-electron chi connectivity index (χ3n) is 5.56. The van der Waals surface area contributed by atoms with Crippen LogP contribution in [0.5, 0.6) is 0 Å². The van der Waals surface area contributed by atoms with Crippen LogP contribution in [0.2, 0.25) is 5.15 Å². The number of halogens is 4. The fraction of sp³-hybridized carbons (Fsp3) is 0.227. The highest BCUT2D eigenvalue weighted by molar-refractivity contribution is 6.33. The van der Waals surface area contributed by atoms with Crippen LogP contribution < -0.4 is 4.90 Å². The van der Waals surface area contributed by atoms with Crippen molar-refractivity contribution in [1.29, 1.82) is 0 Å². The van der Waals surface area contributed by atoms with Crippen molar-refractivity contribution < 1.29 is 22.4 Å². The molecule has 0 aromatic carbocycles. The average Bonchev–Trinajstić information content (AvgIpc) is 3.47. The van der Waals surface area contributed by atoms with Gasteiger partial charge in [-0.15, -0.1) is 0 Å². The van der Waals surface area contributed by atoms with Crippen LogP contribution in [-0.4, -0.2) is 51.4 Å². The van der Waals surface area contributed by atoms with Crippen LogP contribution in [0.1, 0.15) is 16.1 Å². The second kappa shape index (κ2) is 8.11. The second-order valence-electron chi connectivity index (χ2n) is 7.56. The van der Waals surface area contributed by atoms with Crippen molar-refractivity contribution in [3.05, 3.63) is 71.7 Å². The first-order chi connectivity index (χ1) is 15.8. The Balaban J connectivity index is 1.47. The summed E-state index contributed by atoms with van der Waals surface area (Å²) >= 11 is 6.39. The highest BCUT2D eigenvalue weighted by Gasteiger charge is 2.37. The van der Waals surface area contributed by atoms with Gasteiger partial charge in [-0.25, -0.2) is 9.97 Å². The number of carbonyl (C=O) groups is 1.